The van der Waals surface area contributed by atoms with Gasteiger partial charge in [0.15, 0.2) is 11.6 Å². The first-order valence-corrected chi connectivity index (χ1v) is 8.04. The molecule has 0 amide bonds. The third-order valence-electron chi connectivity index (χ3n) is 4.27. The zero-order valence-electron chi connectivity index (χ0n) is 14.3. The highest BCUT2D eigenvalue weighted by Crippen LogP contribution is 2.37. The van der Waals surface area contributed by atoms with Gasteiger partial charge in [-0.3, -0.25) is 0 Å². The third kappa shape index (κ3) is 2.61. The molecule has 0 atom stereocenters. The summed E-state index contributed by atoms with van der Waals surface area (Å²) in [4.78, 5) is 11.0. The van der Waals surface area contributed by atoms with Crippen molar-refractivity contribution >= 4 is 5.82 Å². The van der Waals surface area contributed by atoms with Crippen molar-refractivity contribution in [3.63, 3.8) is 0 Å². The highest BCUT2D eigenvalue weighted by Gasteiger charge is 2.24. The molecule has 25 heavy (non-hydrogen) atoms. The summed E-state index contributed by atoms with van der Waals surface area (Å²) in [6.07, 6.45) is 2.33. The van der Waals surface area contributed by atoms with E-state index in [1.54, 1.807) is 16.9 Å². The zero-order valence-corrected chi connectivity index (χ0v) is 14.3. The second kappa shape index (κ2) is 5.84. The Morgan fingerprint density at radius 2 is 2.04 bits per heavy atom. The van der Waals surface area contributed by atoms with E-state index >= 15 is 0 Å². The lowest BCUT2D eigenvalue weighted by Gasteiger charge is -2.10. The molecule has 6 nitrogen and oxygen atoms in total. The van der Waals surface area contributed by atoms with Gasteiger partial charge < -0.3 is 9.64 Å². The smallest absolute Gasteiger partial charge is 0.183 e. The van der Waals surface area contributed by atoms with Crippen LogP contribution in [0.15, 0.2) is 30.5 Å². The van der Waals surface area contributed by atoms with E-state index in [1.807, 2.05) is 38.2 Å². The zero-order chi connectivity index (χ0) is 17.6. The topological polar surface area (TPSA) is 56.1 Å². The Hall–Kier alpha value is -2.96. The second-order valence-electron chi connectivity index (χ2n) is 6.18. The van der Waals surface area contributed by atoms with E-state index in [0.29, 0.717) is 36.0 Å². The molecule has 0 radical (unpaired) electrons. The fourth-order valence-electron chi connectivity index (χ4n) is 2.96. The molecule has 0 spiro atoms. The Morgan fingerprint density at radius 3 is 2.76 bits per heavy atom. The van der Waals surface area contributed by atoms with Crippen molar-refractivity contribution in [2.24, 2.45) is 7.05 Å². The Morgan fingerprint density at radius 1 is 1.20 bits per heavy atom. The SMILES string of the molecule is CN(C)c1ccc(-c2nc(-c3ccc(F)c4c3OCC4)n(C)n2)cn1. The number of rotatable bonds is 3. The van der Waals surface area contributed by atoms with E-state index in [-0.39, 0.29) is 5.82 Å². The first kappa shape index (κ1) is 15.6. The average Bonchev–Trinajstić information content (AvgIpc) is 3.23. The Bertz CT molecular complexity index is 933. The highest BCUT2D eigenvalue weighted by molar-refractivity contribution is 5.70. The molecule has 0 fully saturated rings. The molecule has 0 bridgehead atoms. The first-order valence-electron chi connectivity index (χ1n) is 8.04. The predicted octanol–water partition coefficient (Wildman–Crippen LogP) is 2.68. The lowest BCUT2D eigenvalue weighted by Crippen LogP contribution is -2.10. The number of benzene rings is 1. The van der Waals surface area contributed by atoms with Crippen molar-refractivity contribution in [2.45, 2.75) is 6.42 Å². The monoisotopic (exact) mass is 339 g/mol. The number of fused-ring (bicyclic) bond motifs is 1. The van der Waals surface area contributed by atoms with Crippen LogP contribution >= 0.6 is 0 Å². The van der Waals surface area contributed by atoms with Crippen LogP contribution in [0.5, 0.6) is 5.75 Å². The average molecular weight is 339 g/mol. The molecule has 0 aliphatic carbocycles. The van der Waals surface area contributed by atoms with Crippen LogP contribution in [0.4, 0.5) is 10.2 Å². The second-order valence-corrected chi connectivity index (χ2v) is 6.18. The molecular weight excluding hydrogens is 321 g/mol. The Balaban J connectivity index is 1.76. The summed E-state index contributed by atoms with van der Waals surface area (Å²) < 4.78 is 21.2. The molecule has 7 heteroatoms. The van der Waals surface area contributed by atoms with Crippen LogP contribution in [0.1, 0.15) is 5.56 Å². The van der Waals surface area contributed by atoms with E-state index in [9.17, 15) is 4.39 Å². The normalized spacial score (nSPS) is 12.8. The Labute approximate surface area is 144 Å². The van der Waals surface area contributed by atoms with Crippen molar-refractivity contribution < 1.29 is 9.13 Å². The lowest BCUT2D eigenvalue weighted by atomic mass is 10.1. The fourth-order valence-corrected chi connectivity index (χ4v) is 2.96. The van der Waals surface area contributed by atoms with E-state index < -0.39 is 0 Å². The molecular formula is C18H18FN5O. The van der Waals surface area contributed by atoms with E-state index in [1.165, 1.54) is 6.07 Å². The van der Waals surface area contributed by atoms with Crippen molar-refractivity contribution in [3.8, 4) is 28.5 Å². The van der Waals surface area contributed by atoms with E-state index in [2.05, 4.69) is 15.1 Å². The van der Waals surface area contributed by atoms with Crippen molar-refractivity contribution in [1.82, 2.24) is 19.7 Å². The summed E-state index contributed by atoms with van der Waals surface area (Å²) in [5.74, 6) is 2.42. The predicted molar refractivity (Wildman–Crippen MR) is 93.2 cm³/mol. The molecule has 1 aliphatic rings. The molecule has 128 valence electrons. The number of halogens is 1. The van der Waals surface area contributed by atoms with Crippen LogP contribution in [-0.2, 0) is 13.5 Å². The maximum atomic E-state index is 13.9. The molecule has 0 N–H and O–H groups in total. The third-order valence-corrected chi connectivity index (χ3v) is 4.27. The maximum absolute atomic E-state index is 13.9. The fraction of sp³-hybridized carbons (Fsp3) is 0.278. The minimum Gasteiger partial charge on any atom is -0.492 e. The number of anilines is 1. The van der Waals surface area contributed by atoms with Crippen LogP contribution in [-0.4, -0.2) is 40.5 Å². The van der Waals surface area contributed by atoms with E-state index in [0.717, 1.165) is 16.9 Å². The number of pyridine rings is 1. The van der Waals surface area contributed by atoms with Gasteiger partial charge in [-0.25, -0.2) is 19.0 Å². The minimum absolute atomic E-state index is 0.234. The van der Waals surface area contributed by atoms with Crippen LogP contribution in [0.25, 0.3) is 22.8 Å². The summed E-state index contributed by atoms with van der Waals surface area (Å²) in [6.45, 7) is 0.490. The standard InChI is InChI=1S/C18H18FN5O/c1-23(2)15-7-4-11(10-20-15)17-21-18(24(3)22-17)13-5-6-14(19)12-8-9-25-16(12)13/h4-7,10H,8-9H2,1-3H3. The van der Waals surface area contributed by atoms with Gasteiger partial charge >= 0.3 is 0 Å². The lowest BCUT2D eigenvalue weighted by molar-refractivity contribution is 0.357. The highest BCUT2D eigenvalue weighted by atomic mass is 19.1. The summed E-state index contributed by atoms with van der Waals surface area (Å²) in [7, 11) is 5.70. The Kier molecular flexibility index (Phi) is 3.63. The number of hydrogen-bond acceptors (Lipinski definition) is 5. The molecule has 3 aromatic rings. The van der Waals surface area contributed by atoms with Crippen LogP contribution in [0, 0.1) is 5.82 Å². The van der Waals surface area contributed by atoms with Gasteiger partial charge in [-0.15, -0.1) is 0 Å². The van der Waals surface area contributed by atoms with Gasteiger partial charge in [0.25, 0.3) is 0 Å². The quantitative estimate of drug-likeness (QED) is 0.734. The van der Waals surface area contributed by atoms with Crippen LogP contribution in [0.3, 0.4) is 0 Å². The number of ether oxygens (including phenoxy) is 1. The maximum Gasteiger partial charge on any atom is 0.183 e. The molecule has 2 aromatic heterocycles. The molecule has 1 aliphatic heterocycles. The number of nitrogens with zero attached hydrogens (tertiary/aromatic N) is 5. The van der Waals surface area contributed by atoms with Gasteiger partial charge in [-0.2, -0.15) is 5.10 Å². The molecule has 0 saturated heterocycles. The molecule has 3 heterocycles. The van der Waals surface area contributed by atoms with Gasteiger partial charge in [0, 0.05) is 44.9 Å². The summed E-state index contributed by atoms with van der Waals surface area (Å²) in [5, 5.41) is 4.48. The van der Waals surface area contributed by atoms with E-state index in [4.69, 9.17) is 4.74 Å². The molecule has 0 unspecified atom stereocenters. The van der Waals surface area contributed by atoms with Gasteiger partial charge in [0.2, 0.25) is 0 Å². The van der Waals surface area contributed by atoms with Crippen LogP contribution in [0.2, 0.25) is 0 Å². The van der Waals surface area contributed by atoms with Gasteiger partial charge in [0.1, 0.15) is 17.4 Å². The molecule has 4 rings (SSSR count). The van der Waals surface area contributed by atoms with Gasteiger partial charge in [0.05, 0.1) is 12.2 Å². The minimum atomic E-state index is -0.234. The van der Waals surface area contributed by atoms with Gasteiger partial charge in [-0.05, 0) is 24.3 Å². The number of aromatic nitrogens is 4. The summed E-state index contributed by atoms with van der Waals surface area (Å²) >= 11 is 0. The van der Waals surface area contributed by atoms with Crippen LogP contribution < -0.4 is 9.64 Å². The van der Waals surface area contributed by atoms with Crippen molar-refractivity contribution in [2.75, 3.05) is 25.6 Å². The molecule has 1 aromatic carbocycles. The first-order chi connectivity index (χ1) is 12.0. The van der Waals surface area contributed by atoms with Gasteiger partial charge in [-0.1, -0.05) is 0 Å². The summed E-state index contributed by atoms with van der Waals surface area (Å²) in [6, 6.07) is 7.02. The molecule has 0 saturated carbocycles. The van der Waals surface area contributed by atoms with Crippen molar-refractivity contribution in [3.05, 3.63) is 41.8 Å². The largest absolute Gasteiger partial charge is 0.492 e. The number of hydrogen-bond donors (Lipinski definition) is 0. The van der Waals surface area contributed by atoms with Crippen molar-refractivity contribution in [1.29, 1.82) is 0 Å². The number of aryl methyl sites for hydroxylation is 1. The summed E-state index contributed by atoms with van der Waals surface area (Å²) in [5.41, 5.74) is 2.19.